The maximum Gasteiger partial charge on any atom is 0.411 e. The van der Waals surface area contributed by atoms with Gasteiger partial charge in [0.2, 0.25) is 11.6 Å². The van der Waals surface area contributed by atoms with Gasteiger partial charge in [0.15, 0.2) is 18.8 Å². The van der Waals surface area contributed by atoms with Crippen LogP contribution < -0.4 is 5.32 Å². The Morgan fingerprint density at radius 2 is 1.92 bits per heavy atom. The molecule has 10 nitrogen and oxygen atoms in total. The Labute approximate surface area is 230 Å². The van der Waals surface area contributed by atoms with Crippen molar-refractivity contribution >= 4 is 29.8 Å². The zero-order valence-corrected chi connectivity index (χ0v) is 23.0. The summed E-state index contributed by atoms with van der Waals surface area (Å²) < 4.78 is 7.64. The quantitative estimate of drug-likeness (QED) is 0.565. The predicted molar refractivity (Wildman–Crippen MR) is 146 cm³/mol. The number of hydrogen-bond donors (Lipinski definition) is 1. The monoisotopic (exact) mass is 534 g/mol. The van der Waals surface area contributed by atoms with Crippen molar-refractivity contribution in [3.63, 3.8) is 0 Å². The van der Waals surface area contributed by atoms with E-state index in [1.807, 2.05) is 35.4 Å². The van der Waals surface area contributed by atoms with E-state index in [9.17, 15) is 19.6 Å². The first-order valence-electron chi connectivity index (χ1n) is 13.7. The van der Waals surface area contributed by atoms with Gasteiger partial charge in [-0.3, -0.25) is 14.5 Å². The van der Waals surface area contributed by atoms with Gasteiger partial charge in [-0.15, -0.1) is 0 Å². The van der Waals surface area contributed by atoms with E-state index in [-0.39, 0.29) is 11.8 Å². The van der Waals surface area contributed by atoms with Crippen molar-refractivity contribution in [3.05, 3.63) is 34.7 Å². The van der Waals surface area contributed by atoms with E-state index < -0.39 is 35.7 Å². The first-order chi connectivity index (χ1) is 18.6. The van der Waals surface area contributed by atoms with Gasteiger partial charge in [0.1, 0.15) is 11.6 Å². The molecule has 0 spiro atoms. The number of hydrogen-bond acceptors (Lipinski definition) is 5. The van der Waals surface area contributed by atoms with E-state index in [1.54, 1.807) is 20.8 Å². The van der Waals surface area contributed by atoms with Crippen LogP contribution in [-0.2, 0) is 20.7 Å². The Kier molecular flexibility index (Phi) is 8.54. The van der Waals surface area contributed by atoms with Crippen LogP contribution in [0.15, 0.2) is 24.3 Å². The summed E-state index contributed by atoms with van der Waals surface area (Å²) in [6, 6.07) is 7.67. The van der Waals surface area contributed by atoms with Crippen LogP contribution >= 0.6 is 0 Å². The van der Waals surface area contributed by atoms with Gasteiger partial charge in [-0.1, -0.05) is 17.0 Å². The number of nitrogens with one attached hydrogen (secondary N) is 1. The predicted octanol–water partition coefficient (Wildman–Crippen LogP) is 2.94. The topological polar surface area (TPSA) is 110 Å². The van der Waals surface area contributed by atoms with E-state index in [2.05, 4.69) is 20.8 Å². The molecule has 3 atom stereocenters. The molecule has 1 saturated heterocycles. The molecule has 0 radical (unpaired) electrons. The van der Waals surface area contributed by atoms with Crippen molar-refractivity contribution in [2.75, 3.05) is 26.2 Å². The Bertz CT molecular complexity index is 1200. The van der Waals surface area contributed by atoms with E-state index in [4.69, 9.17) is 11.3 Å². The van der Waals surface area contributed by atoms with Gasteiger partial charge < -0.3 is 15.0 Å². The third-order valence-electron chi connectivity index (χ3n) is 7.24. The van der Waals surface area contributed by atoms with Crippen LogP contribution in [0.4, 0.5) is 10.5 Å². The molecule has 2 fully saturated rings. The maximum atomic E-state index is 13.3. The van der Waals surface area contributed by atoms with Crippen LogP contribution in [0, 0.1) is 23.8 Å². The van der Waals surface area contributed by atoms with Gasteiger partial charge in [-0.2, -0.15) is 9.84 Å². The van der Waals surface area contributed by atoms with Crippen molar-refractivity contribution in [1.82, 2.24) is 15.1 Å². The lowest BCUT2D eigenvalue weighted by molar-refractivity contribution is -0.442. The molecule has 10 heteroatoms. The van der Waals surface area contributed by atoms with Gasteiger partial charge in [0.25, 0.3) is 12.5 Å². The number of rotatable bonds is 6. The molecule has 2 heterocycles. The van der Waals surface area contributed by atoms with Crippen molar-refractivity contribution in [3.8, 4) is 12.6 Å². The number of piperidine rings is 1. The average Bonchev–Trinajstić information content (AvgIpc) is 3.77. The summed E-state index contributed by atoms with van der Waals surface area (Å²) in [5, 5.41) is 12.6. The number of nitrogens with zero attached hydrogens (tertiary/aromatic N) is 5. The summed E-state index contributed by atoms with van der Waals surface area (Å²) in [4.78, 5) is 45.6. The summed E-state index contributed by atoms with van der Waals surface area (Å²) in [6.07, 6.45) is 4.97. The molecule has 39 heavy (non-hydrogen) atoms. The van der Waals surface area contributed by atoms with Crippen molar-refractivity contribution in [2.45, 2.75) is 76.6 Å². The largest absolute Gasteiger partial charge is 0.444 e. The van der Waals surface area contributed by atoms with Gasteiger partial charge in [0, 0.05) is 37.4 Å². The second kappa shape index (κ2) is 11.9. The smallest absolute Gasteiger partial charge is 0.411 e. The van der Waals surface area contributed by atoms with Crippen LogP contribution in [0.1, 0.15) is 52.0 Å². The summed E-state index contributed by atoms with van der Waals surface area (Å²) in [5.41, 5.74) is 1.18. The van der Waals surface area contributed by atoms with Crippen LogP contribution in [-0.4, -0.2) is 88.4 Å². The minimum absolute atomic E-state index is 0.229. The fourth-order valence-electron chi connectivity index (χ4n) is 5.05. The number of carbonyl (C=O) groups is 3. The van der Waals surface area contributed by atoms with E-state index in [0.29, 0.717) is 38.9 Å². The lowest BCUT2D eigenvalue weighted by Crippen LogP contribution is -2.59. The highest BCUT2D eigenvalue weighted by Gasteiger charge is 2.47. The molecule has 0 bridgehead atoms. The van der Waals surface area contributed by atoms with Gasteiger partial charge >= 0.3 is 12.1 Å². The molecule has 1 saturated carbocycles. The molecule has 1 aromatic rings. The van der Waals surface area contributed by atoms with Crippen LogP contribution in [0.5, 0.6) is 0 Å². The molecule has 3 amide bonds. The SMILES string of the molecule is C#[N+][C@@H]1CCCN(C(=O)OC(C)(C)C)[C@@H]1C(=O)N[C@H](C#N)Cc1ccc([N+]2=CCN(C(=O)C3CC3)CC2)cc1. The van der Waals surface area contributed by atoms with Crippen LogP contribution in [0.25, 0.3) is 4.85 Å². The zero-order chi connectivity index (χ0) is 28.2. The maximum absolute atomic E-state index is 13.3. The Balaban J connectivity index is 1.38. The number of ether oxygens (including phenoxy) is 1. The summed E-state index contributed by atoms with van der Waals surface area (Å²) >= 11 is 0. The van der Waals surface area contributed by atoms with Crippen molar-refractivity contribution in [1.29, 1.82) is 5.26 Å². The standard InChI is InChI=1S/C29H37N6O4/c1-29(2,3)39-28(38)35-13-5-6-24(31-4)25(35)26(36)32-22(19-30)18-20-7-11-23(12-8-20)33-14-16-34(17-15-33)27(37)21-9-10-21/h4,7-8,11-12,14,21-22,24-25H,5-6,9-10,13,15-18H2,1-3H3/q+1/p+1/t22-,24+,25-/m0/s1. The molecular weight excluding hydrogens is 496 g/mol. The number of amides is 3. The van der Waals surface area contributed by atoms with E-state index in [1.165, 1.54) is 4.90 Å². The Morgan fingerprint density at radius 3 is 2.49 bits per heavy atom. The molecule has 3 aliphatic rings. The number of carbonyl (C=O) groups excluding carboxylic acids is 3. The molecule has 0 aromatic heterocycles. The fourth-order valence-corrected chi connectivity index (χ4v) is 5.05. The van der Waals surface area contributed by atoms with Crippen molar-refractivity contribution < 1.29 is 23.7 Å². The second-order valence-electron chi connectivity index (χ2n) is 11.5. The summed E-state index contributed by atoms with van der Waals surface area (Å²) in [6.45, 7) is 13.3. The Hall–Kier alpha value is -3.92. The van der Waals surface area contributed by atoms with Gasteiger partial charge in [-0.05, 0) is 45.6 Å². The van der Waals surface area contributed by atoms with Crippen LogP contribution in [0.3, 0.4) is 0 Å². The lowest BCUT2D eigenvalue weighted by atomic mass is 9.95. The third kappa shape index (κ3) is 7.14. The average molecular weight is 535 g/mol. The van der Waals surface area contributed by atoms with Gasteiger partial charge in [-0.25, -0.2) is 4.79 Å². The summed E-state index contributed by atoms with van der Waals surface area (Å²) in [7, 11) is 0. The molecule has 2 aliphatic heterocycles. The molecule has 1 aliphatic carbocycles. The highest BCUT2D eigenvalue weighted by molar-refractivity contribution is 5.87. The minimum Gasteiger partial charge on any atom is -0.444 e. The lowest BCUT2D eigenvalue weighted by Gasteiger charge is -2.35. The van der Waals surface area contributed by atoms with E-state index in [0.717, 1.165) is 30.6 Å². The molecule has 4 rings (SSSR count). The normalized spacial score (nSPS) is 22.1. The highest BCUT2D eigenvalue weighted by atomic mass is 16.6. The van der Waals surface area contributed by atoms with Crippen LogP contribution in [0.2, 0.25) is 0 Å². The fraction of sp³-hybridized carbons (Fsp3) is 0.586. The number of likely N-dealkylation sites (tertiary alicyclic amines) is 1. The Morgan fingerprint density at radius 1 is 1.21 bits per heavy atom. The summed E-state index contributed by atoms with van der Waals surface area (Å²) in [5.74, 6) is 0.0165. The highest BCUT2D eigenvalue weighted by Crippen LogP contribution is 2.31. The van der Waals surface area contributed by atoms with E-state index >= 15 is 0 Å². The first kappa shape index (κ1) is 28.1. The molecule has 1 N–H and O–H groups in total. The molecule has 1 aromatic carbocycles. The third-order valence-corrected chi connectivity index (χ3v) is 7.24. The van der Waals surface area contributed by atoms with Gasteiger partial charge in [0.05, 0.1) is 19.2 Å². The minimum atomic E-state index is -0.946. The van der Waals surface area contributed by atoms with Crippen molar-refractivity contribution in [2.24, 2.45) is 5.92 Å². The molecule has 0 unspecified atom stereocenters. The molecule has 206 valence electrons. The zero-order valence-electron chi connectivity index (χ0n) is 23.0. The molecular formula is C29H38N6O4+2. The number of benzene rings is 1. The number of nitriles is 1. The first-order valence-corrected chi connectivity index (χ1v) is 13.7. The second-order valence-corrected chi connectivity index (χ2v) is 11.5.